The molecule has 2 N–H and O–H groups in total. The molecule has 0 saturated heterocycles. The second-order valence-corrected chi connectivity index (χ2v) is 9.93. The van der Waals surface area contributed by atoms with Crippen LogP contribution in [0.2, 0.25) is 0 Å². The van der Waals surface area contributed by atoms with Gasteiger partial charge in [0.05, 0.1) is 11.4 Å². The van der Waals surface area contributed by atoms with Crippen molar-refractivity contribution in [3.05, 3.63) is 95.7 Å². The molecule has 1 aliphatic carbocycles. The lowest BCUT2D eigenvalue weighted by Gasteiger charge is -2.25. The fourth-order valence-corrected chi connectivity index (χ4v) is 4.97. The van der Waals surface area contributed by atoms with Gasteiger partial charge in [0.15, 0.2) is 5.82 Å². The van der Waals surface area contributed by atoms with Crippen LogP contribution in [-0.4, -0.2) is 39.0 Å². The van der Waals surface area contributed by atoms with E-state index in [2.05, 4.69) is 10.3 Å². The third-order valence-corrected chi connectivity index (χ3v) is 7.28. The van der Waals surface area contributed by atoms with Gasteiger partial charge in [-0.1, -0.05) is 6.07 Å². The highest BCUT2D eigenvalue weighted by Gasteiger charge is 2.32. The van der Waals surface area contributed by atoms with Crippen LogP contribution in [0.4, 0.5) is 18.9 Å². The number of allylic oxidation sites excluding steroid dienone is 1. The standard InChI is InChI=1S/C25H23F3N4O3S/c1-35-15-32(36(33,34)23-13-17(26)5-8-21(23)27)22-4-2-3-19(24(22)28)25(29)20(14-31-18-6-7-18)16-9-11-30-12-10-16/h2-5,8-14,18,29,31H,6-7,15H2,1H3/b20-14-,29-25?. The van der Waals surface area contributed by atoms with Crippen molar-refractivity contribution in [3.63, 3.8) is 0 Å². The zero-order chi connectivity index (χ0) is 25.9. The molecular weight excluding hydrogens is 493 g/mol. The first kappa shape index (κ1) is 25.4. The normalized spacial score (nSPS) is 13.9. The summed E-state index contributed by atoms with van der Waals surface area (Å²) in [6, 6.07) is 9.47. The van der Waals surface area contributed by atoms with Gasteiger partial charge in [-0.3, -0.25) is 10.4 Å². The van der Waals surface area contributed by atoms with Gasteiger partial charge in [-0.25, -0.2) is 25.9 Å². The van der Waals surface area contributed by atoms with E-state index in [0.717, 1.165) is 25.0 Å². The number of halogens is 3. The Kier molecular flexibility index (Phi) is 7.41. The summed E-state index contributed by atoms with van der Waals surface area (Å²) in [6.07, 6.45) is 6.68. The van der Waals surface area contributed by atoms with Gasteiger partial charge in [-0.2, -0.15) is 0 Å². The molecule has 0 bridgehead atoms. The highest BCUT2D eigenvalue weighted by Crippen LogP contribution is 2.32. The van der Waals surface area contributed by atoms with E-state index in [9.17, 15) is 17.2 Å². The van der Waals surface area contributed by atoms with Crippen molar-refractivity contribution in [1.82, 2.24) is 10.3 Å². The first-order chi connectivity index (χ1) is 17.2. The van der Waals surface area contributed by atoms with Crippen LogP contribution in [0, 0.1) is 22.9 Å². The van der Waals surface area contributed by atoms with Crippen LogP contribution in [0.1, 0.15) is 24.0 Å². The number of anilines is 1. The van der Waals surface area contributed by atoms with E-state index in [1.54, 1.807) is 30.7 Å². The molecule has 188 valence electrons. The van der Waals surface area contributed by atoms with E-state index in [0.29, 0.717) is 27.6 Å². The number of pyridine rings is 1. The smallest absolute Gasteiger partial charge is 0.269 e. The Morgan fingerprint density at radius 3 is 2.56 bits per heavy atom. The molecule has 1 fully saturated rings. The van der Waals surface area contributed by atoms with Gasteiger partial charge in [0.2, 0.25) is 0 Å². The Hall–Kier alpha value is -3.70. The summed E-state index contributed by atoms with van der Waals surface area (Å²) >= 11 is 0. The fraction of sp³-hybridized carbons (Fsp3) is 0.200. The van der Waals surface area contributed by atoms with Crippen LogP contribution >= 0.6 is 0 Å². The lowest BCUT2D eigenvalue weighted by atomic mass is 9.96. The van der Waals surface area contributed by atoms with Crippen molar-refractivity contribution < 1.29 is 26.3 Å². The molecule has 0 aliphatic heterocycles. The molecule has 1 heterocycles. The number of hydrogen-bond acceptors (Lipinski definition) is 6. The lowest BCUT2D eigenvalue weighted by molar-refractivity contribution is 0.209. The van der Waals surface area contributed by atoms with Crippen LogP contribution in [0.15, 0.2) is 72.0 Å². The molecule has 0 spiro atoms. The Morgan fingerprint density at radius 1 is 1.17 bits per heavy atom. The summed E-state index contributed by atoms with van der Waals surface area (Å²) in [5.74, 6) is -3.21. The second kappa shape index (κ2) is 10.5. The SMILES string of the molecule is COCN(c1cccc(C(=N)/C(=C\NC2CC2)c2ccncc2)c1F)S(=O)(=O)c1cc(F)ccc1F. The Bertz CT molecular complexity index is 1410. The minimum atomic E-state index is -4.77. The summed E-state index contributed by atoms with van der Waals surface area (Å²) in [5.41, 5.74) is 0.102. The molecule has 1 aromatic heterocycles. The maximum Gasteiger partial charge on any atom is 0.269 e. The summed E-state index contributed by atoms with van der Waals surface area (Å²) in [5, 5.41) is 12.0. The molecule has 4 rings (SSSR count). The molecule has 0 atom stereocenters. The van der Waals surface area contributed by atoms with E-state index >= 15 is 4.39 Å². The Morgan fingerprint density at radius 2 is 1.89 bits per heavy atom. The zero-order valence-corrected chi connectivity index (χ0v) is 20.0. The number of benzene rings is 2. The highest BCUT2D eigenvalue weighted by atomic mass is 32.2. The molecule has 2 aromatic carbocycles. The third kappa shape index (κ3) is 5.26. The fourth-order valence-electron chi connectivity index (χ4n) is 3.51. The van der Waals surface area contributed by atoms with E-state index in [-0.39, 0.29) is 17.3 Å². The number of rotatable bonds is 10. The minimum absolute atomic E-state index is 0.191. The molecule has 0 radical (unpaired) electrons. The molecule has 7 nitrogen and oxygen atoms in total. The average Bonchev–Trinajstić information content (AvgIpc) is 3.69. The maximum absolute atomic E-state index is 15.9. The molecule has 1 saturated carbocycles. The predicted octanol–water partition coefficient (Wildman–Crippen LogP) is 4.46. The third-order valence-electron chi connectivity index (χ3n) is 5.53. The van der Waals surface area contributed by atoms with E-state index in [4.69, 9.17) is 10.1 Å². The van der Waals surface area contributed by atoms with Crippen molar-refractivity contribution in [2.24, 2.45) is 0 Å². The van der Waals surface area contributed by atoms with Gasteiger partial charge in [0.1, 0.15) is 23.3 Å². The van der Waals surface area contributed by atoms with Crippen LogP contribution in [0.3, 0.4) is 0 Å². The molecule has 11 heteroatoms. The second-order valence-electron chi connectivity index (χ2n) is 8.09. The number of aromatic nitrogens is 1. The number of sulfonamides is 1. The Labute approximate surface area is 206 Å². The van der Waals surface area contributed by atoms with E-state index in [1.807, 2.05) is 0 Å². The van der Waals surface area contributed by atoms with Crippen molar-refractivity contribution in [1.29, 1.82) is 5.41 Å². The largest absolute Gasteiger partial charge is 0.388 e. The topological polar surface area (TPSA) is 95.4 Å². The van der Waals surface area contributed by atoms with Crippen LogP contribution in [0.25, 0.3) is 5.57 Å². The lowest BCUT2D eigenvalue weighted by Crippen LogP contribution is -2.34. The van der Waals surface area contributed by atoms with Crippen molar-refractivity contribution in [3.8, 4) is 0 Å². The van der Waals surface area contributed by atoms with E-state index < -0.39 is 44.8 Å². The average molecular weight is 517 g/mol. The number of nitrogens with zero attached hydrogens (tertiary/aromatic N) is 2. The summed E-state index contributed by atoms with van der Waals surface area (Å²) in [6.45, 7) is -0.678. The van der Waals surface area contributed by atoms with Gasteiger partial charge >= 0.3 is 0 Å². The summed E-state index contributed by atoms with van der Waals surface area (Å²) in [7, 11) is -3.59. The number of ether oxygens (including phenoxy) is 1. The number of nitrogens with one attached hydrogen (secondary N) is 2. The van der Waals surface area contributed by atoms with Gasteiger partial charge < -0.3 is 10.1 Å². The maximum atomic E-state index is 15.9. The quantitative estimate of drug-likeness (QED) is 0.307. The van der Waals surface area contributed by atoms with E-state index in [1.165, 1.54) is 19.2 Å². The summed E-state index contributed by atoms with van der Waals surface area (Å²) < 4.78 is 76.0. The minimum Gasteiger partial charge on any atom is -0.388 e. The van der Waals surface area contributed by atoms with Gasteiger partial charge in [0.25, 0.3) is 10.0 Å². The molecule has 36 heavy (non-hydrogen) atoms. The van der Waals surface area contributed by atoms with Crippen LogP contribution in [0.5, 0.6) is 0 Å². The van der Waals surface area contributed by atoms with Gasteiger partial charge in [-0.05, 0) is 60.9 Å². The Balaban J connectivity index is 1.79. The molecular formula is C25H23F3N4O3S. The predicted molar refractivity (Wildman–Crippen MR) is 129 cm³/mol. The molecule has 3 aromatic rings. The first-order valence-electron chi connectivity index (χ1n) is 10.9. The van der Waals surface area contributed by atoms with Crippen molar-refractivity contribution in [2.75, 3.05) is 18.1 Å². The highest BCUT2D eigenvalue weighted by molar-refractivity contribution is 7.92. The van der Waals surface area contributed by atoms with Crippen molar-refractivity contribution in [2.45, 2.75) is 23.8 Å². The number of hydrogen-bond donors (Lipinski definition) is 2. The molecule has 0 unspecified atom stereocenters. The van der Waals surface area contributed by atoms with Crippen LogP contribution < -0.4 is 9.62 Å². The van der Waals surface area contributed by atoms with Gasteiger partial charge in [-0.15, -0.1) is 0 Å². The zero-order valence-electron chi connectivity index (χ0n) is 19.2. The van der Waals surface area contributed by atoms with Crippen LogP contribution in [-0.2, 0) is 14.8 Å². The monoisotopic (exact) mass is 516 g/mol. The first-order valence-corrected chi connectivity index (χ1v) is 12.4. The molecule has 1 aliphatic rings. The summed E-state index contributed by atoms with van der Waals surface area (Å²) in [4.78, 5) is 3.01. The molecule has 0 amide bonds. The number of methoxy groups -OCH3 is 1. The van der Waals surface area contributed by atoms with Gasteiger partial charge in [0, 0.05) is 42.9 Å². The van der Waals surface area contributed by atoms with Crippen molar-refractivity contribution >= 4 is 27.0 Å².